The van der Waals surface area contributed by atoms with Crippen LogP contribution >= 0.6 is 0 Å². The molecule has 1 saturated heterocycles. The number of carboxylic acids is 1. The van der Waals surface area contributed by atoms with E-state index in [9.17, 15) is 19.5 Å². The third kappa shape index (κ3) is 3.57. The van der Waals surface area contributed by atoms with Gasteiger partial charge < -0.3 is 26.2 Å². The van der Waals surface area contributed by atoms with Crippen LogP contribution in [0.1, 0.15) is 20.3 Å². The summed E-state index contributed by atoms with van der Waals surface area (Å²) in [6.45, 7) is 3.36. The highest BCUT2D eigenvalue weighted by atomic mass is 16.4. The number of urea groups is 1. The third-order valence-corrected chi connectivity index (χ3v) is 3.08. The molecule has 3 atom stereocenters. The Morgan fingerprint density at radius 3 is 2.37 bits per heavy atom. The van der Waals surface area contributed by atoms with E-state index in [1.165, 1.54) is 0 Å². The molecule has 1 aliphatic heterocycles. The summed E-state index contributed by atoms with van der Waals surface area (Å²) in [6, 6.07) is -2.82. The van der Waals surface area contributed by atoms with Crippen LogP contribution in [0.4, 0.5) is 4.79 Å². The Hall–Kier alpha value is -1.83. The van der Waals surface area contributed by atoms with E-state index in [2.05, 4.69) is 5.32 Å². The maximum Gasteiger partial charge on any atom is 0.326 e. The molecule has 3 amide bonds. The lowest BCUT2D eigenvalue weighted by Gasteiger charge is -2.28. The van der Waals surface area contributed by atoms with Crippen LogP contribution in [-0.4, -0.2) is 57.8 Å². The van der Waals surface area contributed by atoms with Crippen molar-refractivity contribution in [2.45, 2.75) is 38.5 Å². The molecule has 0 saturated carbocycles. The van der Waals surface area contributed by atoms with Crippen molar-refractivity contribution in [3.8, 4) is 0 Å². The number of carbonyl (C=O) groups is 3. The number of β-amino-alcohol motifs (C(OH)–C–C–N with tert-alkyl or cyclic N) is 1. The number of nitrogens with two attached hydrogens (primary N) is 1. The van der Waals surface area contributed by atoms with Gasteiger partial charge in [-0.1, -0.05) is 13.8 Å². The van der Waals surface area contributed by atoms with Gasteiger partial charge in [0.2, 0.25) is 5.91 Å². The zero-order chi connectivity index (χ0) is 14.7. The van der Waals surface area contributed by atoms with Crippen LogP contribution in [0.2, 0.25) is 0 Å². The lowest BCUT2D eigenvalue weighted by atomic mass is 10.0. The summed E-state index contributed by atoms with van der Waals surface area (Å²) in [5, 5.41) is 20.8. The van der Waals surface area contributed by atoms with Crippen LogP contribution in [0.3, 0.4) is 0 Å². The number of amides is 3. The molecular weight excluding hydrogens is 254 g/mol. The van der Waals surface area contributed by atoms with Gasteiger partial charge in [0.15, 0.2) is 0 Å². The number of carbonyl (C=O) groups excluding carboxylic acids is 2. The van der Waals surface area contributed by atoms with E-state index >= 15 is 0 Å². The predicted molar refractivity (Wildman–Crippen MR) is 65.1 cm³/mol. The second-order valence-corrected chi connectivity index (χ2v) is 4.96. The van der Waals surface area contributed by atoms with Gasteiger partial charge in [0, 0.05) is 13.0 Å². The Bertz CT molecular complexity index is 385. The second-order valence-electron chi connectivity index (χ2n) is 4.96. The average molecular weight is 273 g/mol. The van der Waals surface area contributed by atoms with Crippen LogP contribution in [-0.2, 0) is 9.59 Å². The highest BCUT2D eigenvalue weighted by Crippen LogP contribution is 2.20. The molecule has 0 aromatic rings. The first kappa shape index (κ1) is 15.2. The molecule has 19 heavy (non-hydrogen) atoms. The Labute approximate surface area is 110 Å². The number of hydrogen-bond donors (Lipinski definition) is 4. The van der Waals surface area contributed by atoms with E-state index < -0.39 is 36.1 Å². The highest BCUT2D eigenvalue weighted by molar-refractivity contribution is 5.90. The van der Waals surface area contributed by atoms with Crippen LogP contribution < -0.4 is 11.1 Å². The Morgan fingerprint density at radius 2 is 1.95 bits per heavy atom. The first-order chi connectivity index (χ1) is 8.73. The number of aliphatic hydroxyl groups excluding tert-OH is 1. The number of aliphatic carboxylic acids is 1. The zero-order valence-electron chi connectivity index (χ0n) is 10.9. The number of nitrogens with one attached hydrogen (secondary N) is 1. The molecular formula is C11H19N3O5. The largest absolute Gasteiger partial charge is 0.480 e. The number of rotatable bonds is 4. The molecule has 0 spiro atoms. The van der Waals surface area contributed by atoms with Gasteiger partial charge in [0.05, 0.1) is 6.10 Å². The van der Waals surface area contributed by atoms with Crippen molar-refractivity contribution in [2.24, 2.45) is 11.7 Å². The van der Waals surface area contributed by atoms with E-state index in [1.807, 2.05) is 0 Å². The number of hydrogen-bond acceptors (Lipinski definition) is 4. The summed E-state index contributed by atoms with van der Waals surface area (Å²) < 4.78 is 0. The minimum absolute atomic E-state index is 0.0114. The van der Waals surface area contributed by atoms with Crippen LogP contribution in [0, 0.1) is 5.92 Å². The Kier molecular flexibility index (Phi) is 4.71. The fraction of sp³-hybridized carbons (Fsp3) is 0.727. The normalized spacial score (nSPS) is 24.3. The van der Waals surface area contributed by atoms with E-state index in [0.717, 1.165) is 4.90 Å². The molecule has 5 N–H and O–H groups in total. The number of nitrogens with zero attached hydrogens (tertiary/aromatic N) is 1. The smallest absolute Gasteiger partial charge is 0.326 e. The van der Waals surface area contributed by atoms with Gasteiger partial charge in [-0.2, -0.15) is 0 Å². The van der Waals surface area contributed by atoms with Gasteiger partial charge in [0.25, 0.3) is 0 Å². The molecule has 2 unspecified atom stereocenters. The monoisotopic (exact) mass is 273 g/mol. The zero-order valence-corrected chi connectivity index (χ0v) is 10.9. The summed E-state index contributed by atoms with van der Waals surface area (Å²) >= 11 is 0. The van der Waals surface area contributed by atoms with Gasteiger partial charge in [-0.3, -0.25) is 4.79 Å². The predicted octanol–water partition coefficient (Wildman–Crippen LogP) is -1.27. The Morgan fingerprint density at radius 1 is 1.37 bits per heavy atom. The van der Waals surface area contributed by atoms with Crippen molar-refractivity contribution in [1.29, 1.82) is 0 Å². The summed E-state index contributed by atoms with van der Waals surface area (Å²) in [7, 11) is 0. The molecule has 108 valence electrons. The summed E-state index contributed by atoms with van der Waals surface area (Å²) in [5.74, 6) is -1.96. The Balaban J connectivity index is 2.89. The number of likely N-dealkylation sites (tertiary alicyclic amines) is 1. The molecule has 1 fully saturated rings. The molecule has 1 heterocycles. The summed E-state index contributed by atoms with van der Waals surface area (Å²) in [6.07, 6.45) is -0.880. The first-order valence-electron chi connectivity index (χ1n) is 6.01. The lowest BCUT2D eigenvalue weighted by molar-refractivity contribution is -0.149. The summed E-state index contributed by atoms with van der Waals surface area (Å²) in [5.41, 5.74) is 5.00. The van der Waals surface area contributed by atoms with Gasteiger partial charge in [-0.25, -0.2) is 9.59 Å². The molecule has 0 bridgehead atoms. The molecule has 1 aliphatic rings. The number of aliphatic hydroxyl groups is 1. The standard InChI is InChI=1S/C11H19N3O5/c1-5(2)8(13-11(12)19)9(16)14-4-6(15)3-7(14)10(17)18/h5-8,15H,3-4H2,1-2H3,(H,17,18)(H3,12,13,19)/t6?,7-,8?/m0/s1. The van der Waals surface area contributed by atoms with E-state index in [0.29, 0.717) is 0 Å². The second kappa shape index (κ2) is 5.87. The van der Waals surface area contributed by atoms with Gasteiger partial charge in [-0.05, 0) is 5.92 Å². The lowest BCUT2D eigenvalue weighted by Crippen LogP contribution is -2.54. The van der Waals surface area contributed by atoms with Crippen molar-refractivity contribution in [1.82, 2.24) is 10.2 Å². The molecule has 8 heteroatoms. The molecule has 0 aromatic heterocycles. The van der Waals surface area contributed by atoms with Crippen molar-refractivity contribution in [2.75, 3.05) is 6.54 Å². The molecule has 8 nitrogen and oxygen atoms in total. The average Bonchev–Trinajstić information content (AvgIpc) is 2.67. The minimum Gasteiger partial charge on any atom is -0.480 e. The molecule has 1 rings (SSSR count). The van der Waals surface area contributed by atoms with Gasteiger partial charge in [-0.15, -0.1) is 0 Å². The molecule has 0 radical (unpaired) electrons. The van der Waals surface area contributed by atoms with Crippen molar-refractivity contribution < 1.29 is 24.6 Å². The van der Waals surface area contributed by atoms with Crippen LogP contribution in [0.15, 0.2) is 0 Å². The minimum atomic E-state index is -1.17. The van der Waals surface area contributed by atoms with Gasteiger partial charge in [0.1, 0.15) is 12.1 Å². The maximum absolute atomic E-state index is 12.3. The number of carboxylic acid groups (broad SMARTS) is 1. The fourth-order valence-corrected chi connectivity index (χ4v) is 2.14. The van der Waals surface area contributed by atoms with Crippen LogP contribution in [0.25, 0.3) is 0 Å². The van der Waals surface area contributed by atoms with E-state index in [-0.39, 0.29) is 18.9 Å². The van der Waals surface area contributed by atoms with Crippen molar-refractivity contribution >= 4 is 17.9 Å². The highest BCUT2D eigenvalue weighted by Gasteiger charge is 2.42. The van der Waals surface area contributed by atoms with Crippen molar-refractivity contribution in [3.63, 3.8) is 0 Å². The van der Waals surface area contributed by atoms with Crippen molar-refractivity contribution in [3.05, 3.63) is 0 Å². The quantitative estimate of drug-likeness (QED) is 0.506. The van der Waals surface area contributed by atoms with E-state index in [1.54, 1.807) is 13.8 Å². The fourth-order valence-electron chi connectivity index (χ4n) is 2.14. The number of primary amides is 1. The van der Waals surface area contributed by atoms with Gasteiger partial charge >= 0.3 is 12.0 Å². The summed E-state index contributed by atoms with van der Waals surface area (Å²) in [4.78, 5) is 35.3. The first-order valence-corrected chi connectivity index (χ1v) is 6.01. The topological polar surface area (TPSA) is 133 Å². The molecule has 0 aromatic carbocycles. The molecule has 0 aliphatic carbocycles. The SMILES string of the molecule is CC(C)C(NC(N)=O)C(=O)N1CC(O)C[C@H]1C(=O)O. The van der Waals surface area contributed by atoms with Crippen LogP contribution in [0.5, 0.6) is 0 Å². The third-order valence-electron chi connectivity index (χ3n) is 3.08. The van der Waals surface area contributed by atoms with E-state index in [4.69, 9.17) is 10.8 Å². The maximum atomic E-state index is 12.3.